The summed E-state index contributed by atoms with van der Waals surface area (Å²) in [5, 5.41) is 3.44. The summed E-state index contributed by atoms with van der Waals surface area (Å²) in [5.41, 5.74) is 2.02. The van der Waals surface area contributed by atoms with E-state index >= 15 is 0 Å². The monoisotopic (exact) mass is 402 g/mol. The molecule has 0 spiro atoms. The molecule has 6 heteroatoms. The summed E-state index contributed by atoms with van der Waals surface area (Å²) in [6.07, 6.45) is 0.974. The lowest BCUT2D eigenvalue weighted by Gasteiger charge is -2.29. The summed E-state index contributed by atoms with van der Waals surface area (Å²) in [6.45, 7) is 2.94. The van der Waals surface area contributed by atoms with Crippen molar-refractivity contribution in [3.05, 3.63) is 70.7 Å². The maximum atomic E-state index is 13.0. The highest BCUT2D eigenvalue weighted by molar-refractivity contribution is 6.30. The Bertz CT molecular complexity index is 750. The van der Waals surface area contributed by atoms with Crippen molar-refractivity contribution in [2.45, 2.75) is 32.4 Å². The molecule has 2 aromatic carbocycles. The number of halogens is 1. The van der Waals surface area contributed by atoms with Crippen LogP contribution in [0.15, 0.2) is 54.6 Å². The van der Waals surface area contributed by atoms with Crippen molar-refractivity contribution < 1.29 is 14.3 Å². The molecule has 5 nitrogen and oxygen atoms in total. The number of benzene rings is 2. The van der Waals surface area contributed by atoms with Crippen LogP contribution in [0.4, 0.5) is 0 Å². The molecular formula is C22H27ClN2O3. The number of nitrogens with zero attached hydrogens (tertiary/aromatic N) is 1. The molecule has 2 rings (SSSR count). The first-order valence-corrected chi connectivity index (χ1v) is 9.73. The van der Waals surface area contributed by atoms with Gasteiger partial charge in [-0.05, 0) is 36.6 Å². The molecule has 0 radical (unpaired) electrons. The molecule has 1 N–H and O–H groups in total. The molecule has 0 heterocycles. The molecule has 0 fully saturated rings. The number of amides is 2. The molecule has 0 saturated heterocycles. The van der Waals surface area contributed by atoms with E-state index in [1.54, 1.807) is 31.1 Å². The SMILES string of the molecule is COCCNC(=O)C(C)N(Cc1ccc(Cl)cc1)C(=O)CCc1ccccc1. The summed E-state index contributed by atoms with van der Waals surface area (Å²) < 4.78 is 4.97. The third kappa shape index (κ3) is 6.98. The number of methoxy groups -OCH3 is 1. The minimum atomic E-state index is -0.587. The lowest BCUT2D eigenvalue weighted by Crippen LogP contribution is -2.48. The number of rotatable bonds is 10. The van der Waals surface area contributed by atoms with Gasteiger partial charge in [0.05, 0.1) is 6.61 Å². The molecule has 0 aliphatic heterocycles. The Kier molecular flexibility index (Phi) is 8.98. The summed E-state index contributed by atoms with van der Waals surface area (Å²) in [7, 11) is 1.58. The number of hydrogen-bond donors (Lipinski definition) is 1. The highest BCUT2D eigenvalue weighted by atomic mass is 35.5. The van der Waals surface area contributed by atoms with Crippen molar-refractivity contribution in [1.82, 2.24) is 10.2 Å². The first-order valence-electron chi connectivity index (χ1n) is 9.35. The van der Waals surface area contributed by atoms with Gasteiger partial charge in [0.25, 0.3) is 0 Å². The van der Waals surface area contributed by atoms with Gasteiger partial charge < -0.3 is 15.0 Å². The fraction of sp³-hybridized carbons (Fsp3) is 0.364. The molecule has 0 aliphatic rings. The fourth-order valence-corrected chi connectivity index (χ4v) is 2.96. The lowest BCUT2D eigenvalue weighted by molar-refractivity contribution is -0.140. The van der Waals surface area contributed by atoms with Crippen LogP contribution < -0.4 is 5.32 Å². The third-order valence-electron chi connectivity index (χ3n) is 4.51. The van der Waals surface area contributed by atoms with Crippen molar-refractivity contribution in [3.63, 3.8) is 0 Å². The maximum absolute atomic E-state index is 13.0. The second-order valence-electron chi connectivity index (χ2n) is 6.59. The predicted octanol–water partition coefficient (Wildman–Crippen LogP) is 3.45. The van der Waals surface area contributed by atoms with E-state index in [-0.39, 0.29) is 11.8 Å². The van der Waals surface area contributed by atoms with Crippen molar-refractivity contribution >= 4 is 23.4 Å². The van der Waals surface area contributed by atoms with Crippen LogP contribution in [0, 0.1) is 0 Å². The zero-order chi connectivity index (χ0) is 20.4. The van der Waals surface area contributed by atoms with Crippen molar-refractivity contribution in [2.24, 2.45) is 0 Å². The van der Waals surface area contributed by atoms with Gasteiger partial charge in [0.1, 0.15) is 6.04 Å². The van der Waals surface area contributed by atoms with Gasteiger partial charge >= 0.3 is 0 Å². The van der Waals surface area contributed by atoms with Crippen LogP contribution in [0.1, 0.15) is 24.5 Å². The minimum Gasteiger partial charge on any atom is -0.383 e. The topological polar surface area (TPSA) is 58.6 Å². The zero-order valence-corrected chi connectivity index (χ0v) is 17.1. The highest BCUT2D eigenvalue weighted by Gasteiger charge is 2.25. The quantitative estimate of drug-likeness (QED) is 0.619. The molecule has 0 aliphatic carbocycles. The van der Waals surface area contributed by atoms with E-state index in [0.29, 0.717) is 37.6 Å². The average molecular weight is 403 g/mol. The Labute approximate surface area is 171 Å². The second-order valence-corrected chi connectivity index (χ2v) is 7.03. The summed E-state index contributed by atoms with van der Waals surface area (Å²) in [4.78, 5) is 27.1. The molecular weight excluding hydrogens is 376 g/mol. The third-order valence-corrected chi connectivity index (χ3v) is 4.76. The van der Waals surface area contributed by atoms with Gasteiger partial charge in [-0.3, -0.25) is 9.59 Å². The van der Waals surface area contributed by atoms with Crippen LogP contribution >= 0.6 is 11.6 Å². The van der Waals surface area contributed by atoms with Crippen LogP contribution in [-0.4, -0.2) is 43.0 Å². The Morgan fingerprint density at radius 2 is 1.75 bits per heavy atom. The predicted molar refractivity (Wildman–Crippen MR) is 111 cm³/mol. The number of hydrogen-bond acceptors (Lipinski definition) is 3. The number of nitrogens with one attached hydrogen (secondary N) is 1. The summed E-state index contributed by atoms with van der Waals surface area (Å²) >= 11 is 5.96. The standard InChI is InChI=1S/C22H27ClN2O3/c1-17(22(27)24-14-15-28-2)25(16-19-8-11-20(23)12-9-19)21(26)13-10-18-6-4-3-5-7-18/h3-9,11-12,17H,10,13-16H2,1-2H3,(H,24,27). The first-order chi connectivity index (χ1) is 13.5. The molecule has 1 atom stereocenters. The largest absolute Gasteiger partial charge is 0.383 e. The van der Waals surface area contributed by atoms with Crippen molar-refractivity contribution in [2.75, 3.05) is 20.3 Å². The van der Waals surface area contributed by atoms with E-state index in [4.69, 9.17) is 16.3 Å². The van der Waals surface area contributed by atoms with E-state index in [9.17, 15) is 9.59 Å². The molecule has 28 heavy (non-hydrogen) atoms. The number of ether oxygens (including phenoxy) is 1. The number of aryl methyl sites for hydroxylation is 1. The fourth-order valence-electron chi connectivity index (χ4n) is 2.83. The maximum Gasteiger partial charge on any atom is 0.242 e. The van der Waals surface area contributed by atoms with Crippen molar-refractivity contribution in [1.29, 1.82) is 0 Å². The van der Waals surface area contributed by atoms with Gasteiger partial charge in [-0.2, -0.15) is 0 Å². The first kappa shape index (κ1) is 21.9. The van der Waals surface area contributed by atoms with Gasteiger partial charge in [0.2, 0.25) is 11.8 Å². The van der Waals surface area contributed by atoms with Crippen LogP contribution in [0.3, 0.4) is 0 Å². The average Bonchev–Trinajstić information content (AvgIpc) is 2.72. The summed E-state index contributed by atoms with van der Waals surface area (Å²) in [5.74, 6) is -0.257. The number of carbonyl (C=O) groups is 2. The summed E-state index contributed by atoms with van der Waals surface area (Å²) in [6, 6.07) is 16.6. The molecule has 150 valence electrons. The smallest absolute Gasteiger partial charge is 0.242 e. The molecule has 0 saturated carbocycles. The van der Waals surface area contributed by atoms with Crippen LogP contribution in [0.2, 0.25) is 5.02 Å². The highest BCUT2D eigenvalue weighted by Crippen LogP contribution is 2.15. The van der Waals surface area contributed by atoms with Crippen LogP contribution in [-0.2, 0) is 27.3 Å². The normalized spacial score (nSPS) is 11.7. The van der Waals surface area contributed by atoms with E-state index in [0.717, 1.165) is 11.1 Å². The zero-order valence-electron chi connectivity index (χ0n) is 16.4. The van der Waals surface area contributed by atoms with E-state index in [2.05, 4.69) is 5.32 Å². The van der Waals surface area contributed by atoms with Gasteiger partial charge in [0.15, 0.2) is 0 Å². The minimum absolute atomic E-state index is 0.0619. The molecule has 1 unspecified atom stereocenters. The Morgan fingerprint density at radius 1 is 1.07 bits per heavy atom. The molecule has 2 aromatic rings. The van der Waals surface area contributed by atoms with Crippen molar-refractivity contribution in [3.8, 4) is 0 Å². The number of carbonyl (C=O) groups excluding carboxylic acids is 2. The lowest BCUT2D eigenvalue weighted by atomic mass is 10.1. The Hall–Kier alpha value is -2.37. The molecule has 0 aromatic heterocycles. The second kappa shape index (κ2) is 11.5. The van der Waals surface area contributed by atoms with Gasteiger partial charge in [-0.15, -0.1) is 0 Å². The van der Waals surface area contributed by atoms with E-state index in [1.165, 1.54) is 0 Å². The molecule has 2 amide bonds. The Morgan fingerprint density at radius 3 is 2.39 bits per heavy atom. The van der Waals surface area contributed by atoms with E-state index in [1.807, 2.05) is 42.5 Å². The van der Waals surface area contributed by atoms with Gasteiger partial charge in [-0.1, -0.05) is 54.1 Å². The van der Waals surface area contributed by atoms with Crippen LogP contribution in [0.25, 0.3) is 0 Å². The van der Waals surface area contributed by atoms with E-state index < -0.39 is 6.04 Å². The van der Waals surface area contributed by atoms with Gasteiger partial charge in [-0.25, -0.2) is 0 Å². The van der Waals surface area contributed by atoms with Crippen LogP contribution in [0.5, 0.6) is 0 Å². The molecule has 0 bridgehead atoms. The van der Waals surface area contributed by atoms with Gasteiger partial charge in [0, 0.05) is 31.6 Å². The Balaban J connectivity index is 2.08.